The number of amides is 3. The topological polar surface area (TPSA) is 102 Å². The van der Waals surface area contributed by atoms with Crippen LogP contribution in [-0.4, -0.2) is 29.6 Å². The summed E-state index contributed by atoms with van der Waals surface area (Å²) in [5.41, 5.74) is 1.55. The normalized spacial score (nSPS) is 11.3. The minimum Gasteiger partial charge on any atom is -0.494 e. The Labute approximate surface area is 210 Å². The molecule has 0 aliphatic carbocycles. The number of nitrogens with one attached hydrogen (secondary N) is 3. The Balaban J connectivity index is 1.50. The first-order valence-corrected chi connectivity index (χ1v) is 11.9. The number of carbonyl (C=O) groups is 2. The molecule has 3 aromatic rings. The summed E-state index contributed by atoms with van der Waals surface area (Å²) in [5.74, 6) is 1.14. The Bertz CT molecular complexity index is 1120. The molecular weight excluding hydrogens is 463 g/mol. The fraction of sp³-hybridized carbons (Fsp3) is 0.296. The molecule has 3 amide bonds. The predicted octanol–water partition coefficient (Wildman–Crippen LogP) is 4.70. The van der Waals surface area contributed by atoms with Crippen LogP contribution < -0.4 is 25.4 Å². The van der Waals surface area contributed by atoms with Crippen LogP contribution in [0.4, 0.5) is 9.18 Å². The quantitative estimate of drug-likeness (QED) is 0.339. The lowest BCUT2D eigenvalue weighted by Gasteiger charge is -2.18. The number of halogens is 1. The molecule has 3 rings (SSSR count). The third kappa shape index (κ3) is 8.57. The van der Waals surface area contributed by atoms with Crippen molar-refractivity contribution in [3.05, 3.63) is 83.8 Å². The minimum absolute atomic E-state index is 0.223. The first kappa shape index (κ1) is 26.5. The number of hydrogen-bond donors (Lipinski definition) is 3. The number of rotatable bonds is 12. The molecule has 0 aliphatic heterocycles. The van der Waals surface area contributed by atoms with Gasteiger partial charge in [0.2, 0.25) is 11.8 Å². The molecule has 3 N–H and O–H groups in total. The summed E-state index contributed by atoms with van der Waals surface area (Å²) >= 11 is 0. The third-order valence-corrected chi connectivity index (χ3v) is 5.19. The molecule has 1 unspecified atom stereocenters. The average molecular weight is 495 g/mol. The van der Waals surface area contributed by atoms with Crippen molar-refractivity contribution in [2.75, 3.05) is 6.61 Å². The van der Waals surface area contributed by atoms with E-state index in [9.17, 15) is 14.0 Å². The second kappa shape index (κ2) is 13.7. The molecule has 9 heteroatoms. The molecule has 0 radical (unpaired) electrons. The van der Waals surface area contributed by atoms with E-state index in [1.54, 1.807) is 42.6 Å². The molecule has 0 aliphatic rings. The molecule has 0 saturated heterocycles. The molecule has 0 spiro atoms. The van der Waals surface area contributed by atoms with Gasteiger partial charge in [-0.05, 0) is 66.9 Å². The van der Waals surface area contributed by atoms with Crippen molar-refractivity contribution in [1.82, 2.24) is 20.9 Å². The van der Waals surface area contributed by atoms with Crippen molar-refractivity contribution < 1.29 is 23.5 Å². The molecule has 36 heavy (non-hydrogen) atoms. The molecule has 0 saturated carbocycles. The van der Waals surface area contributed by atoms with Crippen molar-refractivity contribution in [3.63, 3.8) is 0 Å². The monoisotopic (exact) mass is 494 g/mol. The van der Waals surface area contributed by atoms with Crippen LogP contribution in [0, 0.1) is 5.82 Å². The molecule has 0 fully saturated rings. The summed E-state index contributed by atoms with van der Waals surface area (Å²) < 4.78 is 24.3. The number of nitrogens with zero attached hydrogens (tertiary/aromatic N) is 1. The summed E-state index contributed by atoms with van der Waals surface area (Å²) in [4.78, 5) is 29.3. The van der Waals surface area contributed by atoms with Gasteiger partial charge in [-0.25, -0.2) is 14.2 Å². The van der Waals surface area contributed by atoms with E-state index < -0.39 is 12.1 Å². The third-order valence-electron chi connectivity index (χ3n) is 5.19. The molecule has 8 nitrogen and oxygen atoms in total. The lowest BCUT2D eigenvalue weighted by molar-refractivity contribution is -0.123. The lowest BCUT2D eigenvalue weighted by atomic mass is 10.1. The first-order chi connectivity index (χ1) is 17.5. The zero-order chi connectivity index (χ0) is 25.8. The Morgan fingerprint density at radius 1 is 0.917 bits per heavy atom. The van der Waals surface area contributed by atoms with Crippen LogP contribution in [0.2, 0.25) is 0 Å². The smallest absolute Gasteiger partial charge is 0.315 e. The van der Waals surface area contributed by atoms with Gasteiger partial charge in [-0.1, -0.05) is 25.5 Å². The Hall–Kier alpha value is -4.14. The second-order valence-electron chi connectivity index (χ2n) is 8.02. The van der Waals surface area contributed by atoms with Gasteiger partial charge in [-0.3, -0.25) is 4.79 Å². The highest BCUT2D eigenvalue weighted by molar-refractivity contribution is 5.86. The molecule has 1 atom stereocenters. The average Bonchev–Trinajstić information content (AvgIpc) is 2.88. The summed E-state index contributed by atoms with van der Waals surface area (Å²) in [6, 6.07) is 15.4. The van der Waals surface area contributed by atoms with E-state index in [1.807, 2.05) is 26.0 Å². The van der Waals surface area contributed by atoms with Crippen molar-refractivity contribution in [2.45, 2.75) is 45.8 Å². The zero-order valence-electron chi connectivity index (χ0n) is 20.4. The highest BCUT2D eigenvalue weighted by Gasteiger charge is 2.19. The molecule has 2 aromatic carbocycles. The minimum atomic E-state index is -0.690. The van der Waals surface area contributed by atoms with Crippen LogP contribution in [0.3, 0.4) is 0 Å². The fourth-order valence-corrected chi connectivity index (χ4v) is 3.37. The lowest BCUT2D eigenvalue weighted by Crippen LogP contribution is -2.49. The zero-order valence-corrected chi connectivity index (χ0v) is 20.4. The number of aromatic nitrogens is 1. The number of carbonyl (C=O) groups excluding carboxylic acids is 2. The van der Waals surface area contributed by atoms with Crippen LogP contribution >= 0.6 is 0 Å². The van der Waals surface area contributed by atoms with E-state index in [-0.39, 0.29) is 24.8 Å². The van der Waals surface area contributed by atoms with Crippen LogP contribution in [0.5, 0.6) is 17.4 Å². The van der Waals surface area contributed by atoms with Crippen LogP contribution in [-0.2, 0) is 17.9 Å². The van der Waals surface area contributed by atoms with E-state index >= 15 is 0 Å². The standard InChI is InChI=1S/C27H31FN4O4/c1-3-5-24(32-27(34)31-17-19-6-8-21(28)9-7-19)26(33)30-18-20-14-15-29-25(16-20)36-23-12-10-22(11-13-23)35-4-2/h6-16,24H,3-5,17-18H2,1-2H3,(H,30,33)(H2,31,32,34). The Kier molecular flexibility index (Phi) is 10.1. The number of urea groups is 1. The maximum Gasteiger partial charge on any atom is 0.315 e. The highest BCUT2D eigenvalue weighted by Crippen LogP contribution is 2.23. The van der Waals surface area contributed by atoms with E-state index in [4.69, 9.17) is 9.47 Å². The van der Waals surface area contributed by atoms with Gasteiger partial charge in [0.15, 0.2) is 0 Å². The highest BCUT2D eigenvalue weighted by atomic mass is 19.1. The summed E-state index contributed by atoms with van der Waals surface area (Å²) in [7, 11) is 0. The molecule has 1 heterocycles. The van der Waals surface area contributed by atoms with Crippen molar-refractivity contribution in [1.29, 1.82) is 0 Å². The van der Waals surface area contributed by atoms with Crippen LogP contribution in [0.25, 0.3) is 0 Å². The van der Waals surface area contributed by atoms with Gasteiger partial charge in [0, 0.05) is 25.4 Å². The van der Waals surface area contributed by atoms with Crippen molar-refractivity contribution >= 4 is 11.9 Å². The van der Waals surface area contributed by atoms with Gasteiger partial charge in [0.05, 0.1) is 6.61 Å². The number of benzene rings is 2. The number of hydrogen-bond acceptors (Lipinski definition) is 5. The van der Waals surface area contributed by atoms with E-state index in [2.05, 4.69) is 20.9 Å². The maximum absolute atomic E-state index is 13.0. The molecule has 1 aromatic heterocycles. The van der Waals surface area contributed by atoms with E-state index in [0.29, 0.717) is 31.1 Å². The second-order valence-corrected chi connectivity index (χ2v) is 8.02. The fourth-order valence-electron chi connectivity index (χ4n) is 3.37. The molecule has 190 valence electrons. The largest absolute Gasteiger partial charge is 0.494 e. The van der Waals surface area contributed by atoms with Gasteiger partial charge in [0.25, 0.3) is 0 Å². The Morgan fingerprint density at radius 2 is 1.61 bits per heavy atom. The summed E-state index contributed by atoms with van der Waals surface area (Å²) in [6.07, 6.45) is 2.81. The van der Waals surface area contributed by atoms with Crippen molar-refractivity contribution in [2.24, 2.45) is 0 Å². The van der Waals surface area contributed by atoms with Crippen molar-refractivity contribution in [3.8, 4) is 17.4 Å². The van der Waals surface area contributed by atoms with Gasteiger partial charge < -0.3 is 25.4 Å². The number of ether oxygens (including phenoxy) is 2. The van der Waals surface area contributed by atoms with Gasteiger partial charge in [0.1, 0.15) is 23.4 Å². The summed E-state index contributed by atoms with van der Waals surface area (Å²) in [6.45, 7) is 4.92. The number of pyridine rings is 1. The predicted molar refractivity (Wildman–Crippen MR) is 134 cm³/mol. The SMILES string of the molecule is CCCC(NC(=O)NCc1ccc(F)cc1)C(=O)NCc1ccnc(Oc2ccc(OCC)cc2)c1. The molecule has 0 bridgehead atoms. The first-order valence-electron chi connectivity index (χ1n) is 11.9. The van der Waals surface area contributed by atoms with Gasteiger partial charge in [-0.15, -0.1) is 0 Å². The van der Waals surface area contributed by atoms with E-state index in [1.165, 1.54) is 12.1 Å². The van der Waals surface area contributed by atoms with Crippen LogP contribution in [0.1, 0.15) is 37.8 Å². The Morgan fingerprint density at radius 3 is 2.31 bits per heavy atom. The van der Waals surface area contributed by atoms with Gasteiger partial charge in [-0.2, -0.15) is 0 Å². The van der Waals surface area contributed by atoms with Crippen LogP contribution in [0.15, 0.2) is 66.9 Å². The van der Waals surface area contributed by atoms with Gasteiger partial charge >= 0.3 is 6.03 Å². The molecular formula is C27H31FN4O4. The summed E-state index contributed by atoms with van der Waals surface area (Å²) in [5, 5.41) is 8.26. The van der Waals surface area contributed by atoms with E-state index in [0.717, 1.165) is 16.9 Å². The maximum atomic E-state index is 13.0.